The average Bonchev–Trinajstić information content (AvgIpc) is 2.16. The van der Waals surface area contributed by atoms with Crippen molar-refractivity contribution in [3.8, 4) is 0 Å². The maximum absolute atomic E-state index is 11.0. The molecule has 0 spiro atoms. The molecule has 0 saturated carbocycles. The highest BCUT2D eigenvalue weighted by molar-refractivity contribution is 14.1. The van der Waals surface area contributed by atoms with Gasteiger partial charge in [0.05, 0.1) is 27.1 Å². The monoisotopic (exact) mass is 440 g/mol. The number of alkyl halides is 2. The number of carbonyl (C=O) groups excluding carboxylic acids is 2. The van der Waals surface area contributed by atoms with Gasteiger partial charge in [0.25, 0.3) is 0 Å². The van der Waals surface area contributed by atoms with E-state index in [9.17, 15) is 9.59 Å². The number of halogens is 2. The fourth-order valence-electron chi connectivity index (χ4n) is 0.973. The quantitative estimate of drug-likeness (QED) is 0.361. The van der Waals surface area contributed by atoms with Gasteiger partial charge in [0.15, 0.2) is 0 Å². The van der Waals surface area contributed by atoms with Gasteiger partial charge < -0.3 is 9.47 Å². The Bertz CT molecular complexity index is 198. The van der Waals surface area contributed by atoms with Crippen LogP contribution >= 0.6 is 45.2 Å². The largest absolute Gasteiger partial charge is 0.469 e. The molecule has 0 bridgehead atoms. The molecule has 0 fully saturated rings. The summed E-state index contributed by atoms with van der Waals surface area (Å²) in [6.07, 6.45) is 1.57. The maximum atomic E-state index is 11.0. The van der Waals surface area contributed by atoms with E-state index in [0.717, 1.165) is 6.42 Å². The smallest absolute Gasteiger partial charge is 0.306 e. The zero-order valence-corrected chi connectivity index (χ0v) is 13.0. The van der Waals surface area contributed by atoms with E-state index in [-0.39, 0.29) is 19.8 Å². The van der Waals surface area contributed by atoms with Crippen LogP contribution in [-0.4, -0.2) is 34.0 Å². The topological polar surface area (TPSA) is 52.6 Å². The van der Waals surface area contributed by atoms with Crippen molar-refractivity contribution >= 4 is 57.1 Å². The van der Waals surface area contributed by atoms with Gasteiger partial charge in [0.1, 0.15) is 0 Å². The molecule has 0 aliphatic heterocycles. The number of carbonyl (C=O) groups is 2. The third-order valence-electron chi connectivity index (χ3n) is 1.74. The summed E-state index contributed by atoms with van der Waals surface area (Å²) in [5.41, 5.74) is 0. The summed E-state index contributed by atoms with van der Waals surface area (Å²) in [5.74, 6) is -0.424. The molecule has 0 saturated heterocycles. The minimum atomic E-state index is -0.212. The number of hydrogen-bond acceptors (Lipinski definition) is 4. The lowest BCUT2D eigenvalue weighted by Crippen LogP contribution is -2.16. The minimum absolute atomic E-state index is 0.196. The van der Waals surface area contributed by atoms with E-state index in [1.165, 1.54) is 14.2 Å². The Morgan fingerprint density at radius 1 is 1.00 bits per heavy atom. The van der Waals surface area contributed by atoms with Gasteiger partial charge in [-0.25, -0.2) is 0 Å². The van der Waals surface area contributed by atoms with Crippen LogP contribution < -0.4 is 0 Å². The van der Waals surface area contributed by atoms with Crippen LogP contribution in [0.15, 0.2) is 0 Å². The summed E-state index contributed by atoms with van der Waals surface area (Å²) in [4.78, 5) is 21.9. The van der Waals surface area contributed by atoms with E-state index >= 15 is 0 Å². The Balaban J connectivity index is 3.80. The van der Waals surface area contributed by atoms with E-state index in [4.69, 9.17) is 0 Å². The van der Waals surface area contributed by atoms with Crippen LogP contribution in [0.3, 0.4) is 0 Å². The van der Waals surface area contributed by atoms with Crippen molar-refractivity contribution in [1.82, 2.24) is 0 Å². The Labute approximate surface area is 117 Å². The molecule has 0 aliphatic carbocycles. The summed E-state index contributed by atoms with van der Waals surface area (Å²) in [5, 5.41) is 0. The highest BCUT2D eigenvalue weighted by Gasteiger charge is 2.17. The van der Waals surface area contributed by atoms with E-state index in [0.29, 0.717) is 12.8 Å². The van der Waals surface area contributed by atoms with Crippen molar-refractivity contribution in [2.75, 3.05) is 14.2 Å². The summed E-state index contributed by atoms with van der Waals surface area (Å²) >= 11 is 4.39. The lowest BCUT2D eigenvalue weighted by Gasteiger charge is -2.12. The van der Waals surface area contributed by atoms with Crippen molar-refractivity contribution in [2.24, 2.45) is 0 Å². The van der Waals surface area contributed by atoms with Crippen molar-refractivity contribution in [3.05, 3.63) is 0 Å². The summed E-state index contributed by atoms with van der Waals surface area (Å²) in [6, 6.07) is 0. The standard InChI is InChI=1S/C9H14I2O4/c1-14-8(12)4-6(10)3-7(11)5-9(13)15-2/h6-7H,3-5H2,1-2H3. The van der Waals surface area contributed by atoms with E-state index in [1.807, 2.05) is 0 Å². The summed E-state index contributed by atoms with van der Waals surface area (Å²) in [6.45, 7) is 0. The molecule has 0 N–H and O–H groups in total. The number of rotatable bonds is 6. The Morgan fingerprint density at radius 2 is 1.33 bits per heavy atom. The molecule has 0 aromatic heterocycles. The second-order valence-corrected chi connectivity index (χ2v) is 6.51. The highest BCUT2D eigenvalue weighted by Crippen LogP contribution is 2.21. The number of ether oxygens (including phenoxy) is 2. The zero-order valence-electron chi connectivity index (χ0n) is 8.66. The molecule has 2 unspecified atom stereocenters. The Kier molecular flexibility index (Phi) is 8.77. The van der Waals surface area contributed by atoms with Gasteiger partial charge in [-0.1, -0.05) is 45.2 Å². The van der Waals surface area contributed by atoms with Crippen LogP contribution in [-0.2, 0) is 19.1 Å². The highest BCUT2D eigenvalue weighted by atomic mass is 127. The third kappa shape index (κ3) is 8.23. The Hall–Kier alpha value is 0.400. The van der Waals surface area contributed by atoms with Crippen molar-refractivity contribution in [3.63, 3.8) is 0 Å². The molecule has 0 rings (SSSR count). The van der Waals surface area contributed by atoms with Gasteiger partial charge in [-0.2, -0.15) is 0 Å². The molecule has 0 radical (unpaired) electrons. The van der Waals surface area contributed by atoms with Crippen LogP contribution in [0.5, 0.6) is 0 Å². The van der Waals surface area contributed by atoms with Crippen molar-refractivity contribution in [1.29, 1.82) is 0 Å². The second kappa shape index (κ2) is 8.54. The first kappa shape index (κ1) is 15.4. The van der Waals surface area contributed by atoms with E-state index in [1.54, 1.807) is 0 Å². The average molecular weight is 440 g/mol. The van der Waals surface area contributed by atoms with E-state index < -0.39 is 0 Å². The zero-order chi connectivity index (χ0) is 11.8. The lowest BCUT2D eigenvalue weighted by molar-refractivity contribution is -0.140. The van der Waals surface area contributed by atoms with Gasteiger partial charge in [0.2, 0.25) is 0 Å². The molecule has 4 nitrogen and oxygen atoms in total. The predicted molar refractivity (Wildman–Crippen MR) is 73.5 cm³/mol. The predicted octanol–water partition coefficient (Wildman–Crippen LogP) is 2.11. The molecule has 88 valence electrons. The SMILES string of the molecule is COC(=O)CC(I)CC(I)CC(=O)OC. The van der Waals surface area contributed by atoms with Crippen molar-refractivity contribution in [2.45, 2.75) is 27.1 Å². The molecule has 0 aliphatic rings. The fourth-order valence-corrected chi connectivity index (χ4v) is 3.89. The van der Waals surface area contributed by atoms with Crippen LogP contribution in [0, 0.1) is 0 Å². The second-order valence-electron chi connectivity index (χ2n) is 2.99. The van der Waals surface area contributed by atoms with Gasteiger partial charge in [-0.05, 0) is 6.42 Å². The number of methoxy groups -OCH3 is 2. The van der Waals surface area contributed by atoms with Gasteiger partial charge in [-0.15, -0.1) is 0 Å². The van der Waals surface area contributed by atoms with Crippen LogP contribution in [0.1, 0.15) is 19.3 Å². The van der Waals surface area contributed by atoms with Gasteiger partial charge >= 0.3 is 11.9 Å². The minimum Gasteiger partial charge on any atom is -0.469 e. The first-order valence-electron chi connectivity index (χ1n) is 4.41. The molecule has 0 amide bonds. The van der Waals surface area contributed by atoms with Crippen LogP contribution in [0.25, 0.3) is 0 Å². The molecule has 0 aromatic rings. The first-order valence-corrected chi connectivity index (χ1v) is 6.90. The molecule has 2 atom stereocenters. The Morgan fingerprint density at radius 3 is 1.60 bits per heavy atom. The lowest BCUT2D eigenvalue weighted by atomic mass is 10.1. The summed E-state index contributed by atoms with van der Waals surface area (Å²) in [7, 11) is 2.75. The summed E-state index contributed by atoms with van der Waals surface area (Å²) < 4.78 is 9.53. The molecule has 0 heterocycles. The van der Waals surface area contributed by atoms with Crippen molar-refractivity contribution < 1.29 is 19.1 Å². The van der Waals surface area contributed by atoms with Gasteiger partial charge in [0, 0.05) is 7.85 Å². The molecule has 6 heteroatoms. The third-order valence-corrected chi connectivity index (χ3v) is 3.64. The fraction of sp³-hybridized carbons (Fsp3) is 0.778. The van der Waals surface area contributed by atoms with Crippen LogP contribution in [0.2, 0.25) is 0 Å². The molecule has 15 heavy (non-hydrogen) atoms. The van der Waals surface area contributed by atoms with Gasteiger partial charge in [-0.3, -0.25) is 9.59 Å². The molecular formula is C9H14I2O4. The number of hydrogen-bond donors (Lipinski definition) is 0. The first-order chi connectivity index (χ1) is 6.99. The molecule has 0 aromatic carbocycles. The molecular weight excluding hydrogens is 426 g/mol. The number of esters is 2. The van der Waals surface area contributed by atoms with E-state index in [2.05, 4.69) is 54.7 Å². The normalized spacial score (nSPS) is 14.1. The maximum Gasteiger partial charge on any atom is 0.306 e. The van der Waals surface area contributed by atoms with Crippen LogP contribution in [0.4, 0.5) is 0 Å².